The molecule has 0 spiro atoms. The summed E-state index contributed by atoms with van der Waals surface area (Å²) in [5, 5.41) is 12.7. The number of rotatable bonds is 5. The molecule has 1 aliphatic carbocycles. The third-order valence-electron chi connectivity index (χ3n) is 6.11. The van der Waals surface area contributed by atoms with Gasteiger partial charge in [0.05, 0.1) is 25.2 Å². The zero-order valence-corrected chi connectivity index (χ0v) is 16.0. The summed E-state index contributed by atoms with van der Waals surface area (Å²) in [6.45, 7) is 1.16. The minimum atomic E-state index is -0.520. The molecule has 0 radical (unpaired) electrons. The van der Waals surface area contributed by atoms with Gasteiger partial charge in [-0.05, 0) is 30.4 Å². The Balaban J connectivity index is 1.33. The number of nitrogens with one attached hydrogen (secondary N) is 1. The van der Waals surface area contributed by atoms with E-state index in [0.29, 0.717) is 6.54 Å². The lowest BCUT2D eigenvalue weighted by Gasteiger charge is -2.35. The number of ether oxygens (including phenoxy) is 1. The van der Waals surface area contributed by atoms with Crippen molar-refractivity contribution >= 4 is 11.8 Å². The molecule has 1 fully saturated rings. The Morgan fingerprint density at radius 3 is 2.68 bits per heavy atom. The lowest BCUT2D eigenvalue weighted by molar-refractivity contribution is -0.138. The SMILES string of the molecule is O=C(N[C@@H]1C=C[C@H](CC(=O)N2CCc3ccccc3C2)O[C@@H]1CO)C1CCC1. The van der Waals surface area contributed by atoms with Crippen LogP contribution >= 0.6 is 0 Å². The molecule has 0 saturated heterocycles. The van der Waals surface area contributed by atoms with E-state index in [0.717, 1.165) is 32.2 Å². The molecule has 3 atom stereocenters. The smallest absolute Gasteiger partial charge is 0.225 e. The van der Waals surface area contributed by atoms with Gasteiger partial charge in [0.2, 0.25) is 11.8 Å². The summed E-state index contributed by atoms with van der Waals surface area (Å²) < 4.78 is 5.91. The summed E-state index contributed by atoms with van der Waals surface area (Å²) >= 11 is 0. The van der Waals surface area contributed by atoms with Gasteiger partial charge in [-0.3, -0.25) is 9.59 Å². The average molecular weight is 384 g/mol. The van der Waals surface area contributed by atoms with Gasteiger partial charge < -0.3 is 20.1 Å². The second kappa shape index (κ2) is 8.45. The highest BCUT2D eigenvalue weighted by atomic mass is 16.5. The summed E-state index contributed by atoms with van der Waals surface area (Å²) in [5.41, 5.74) is 2.51. The maximum atomic E-state index is 12.7. The van der Waals surface area contributed by atoms with E-state index in [2.05, 4.69) is 17.4 Å². The Morgan fingerprint density at radius 1 is 1.18 bits per heavy atom. The van der Waals surface area contributed by atoms with Gasteiger partial charge in [-0.15, -0.1) is 0 Å². The van der Waals surface area contributed by atoms with Crippen LogP contribution in [0.4, 0.5) is 0 Å². The Morgan fingerprint density at radius 2 is 1.96 bits per heavy atom. The van der Waals surface area contributed by atoms with E-state index >= 15 is 0 Å². The molecule has 0 aromatic heterocycles. The minimum absolute atomic E-state index is 0.0319. The van der Waals surface area contributed by atoms with Crippen molar-refractivity contribution in [3.63, 3.8) is 0 Å². The number of hydrogen-bond acceptors (Lipinski definition) is 4. The van der Waals surface area contributed by atoms with Crippen LogP contribution in [0, 0.1) is 5.92 Å². The molecule has 2 aliphatic heterocycles. The third kappa shape index (κ3) is 4.13. The molecule has 2 amide bonds. The van der Waals surface area contributed by atoms with Gasteiger partial charge >= 0.3 is 0 Å². The van der Waals surface area contributed by atoms with Gasteiger partial charge in [0.15, 0.2) is 0 Å². The average Bonchev–Trinajstić information content (AvgIpc) is 2.67. The number of hydrogen-bond donors (Lipinski definition) is 2. The van der Waals surface area contributed by atoms with Crippen LogP contribution in [0.3, 0.4) is 0 Å². The van der Waals surface area contributed by atoms with Crippen molar-refractivity contribution in [1.82, 2.24) is 10.2 Å². The lowest BCUT2D eigenvalue weighted by Crippen LogP contribution is -2.51. The number of carbonyl (C=O) groups is 2. The molecule has 2 N–H and O–H groups in total. The van der Waals surface area contributed by atoms with Crippen LogP contribution in [-0.2, 0) is 27.3 Å². The number of amides is 2. The van der Waals surface area contributed by atoms with Gasteiger partial charge in [0.25, 0.3) is 0 Å². The van der Waals surface area contributed by atoms with E-state index in [1.807, 2.05) is 29.2 Å². The first-order valence-electron chi connectivity index (χ1n) is 10.2. The predicted octanol–water partition coefficient (Wildman–Crippen LogP) is 1.56. The fourth-order valence-electron chi connectivity index (χ4n) is 4.10. The molecule has 1 saturated carbocycles. The van der Waals surface area contributed by atoms with E-state index in [1.165, 1.54) is 11.1 Å². The van der Waals surface area contributed by atoms with Gasteiger partial charge in [-0.1, -0.05) is 42.8 Å². The summed E-state index contributed by atoms with van der Waals surface area (Å²) in [4.78, 5) is 26.8. The van der Waals surface area contributed by atoms with Crippen molar-refractivity contribution in [2.45, 2.75) is 56.9 Å². The standard InChI is InChI=1S/C22H28N2O4/c25-14-20-19(23-22(27)16-6-3-7-16)9-8-18(28-20)12-21(26)24-11-10-15-4-1-2-5-17(15)13-24/h1-2,4-5,8-9,16,18-20,25H,3,6-7,10-14H2,(H,23,27)/t18-,19-,20-/m1/s1. The highest BCUT2D eigenvalue weighted by molar-refractivity contribution is 5.80. The van der Waals surface area contributed by atoms with Crippen molar-refractivity contribution in [3.8, 4) is 0 Å². The molecule has 2 heterocycles. The van der Waals surface area contributed by atoms with E-state index in [9.17, 15) is 14.7 Å². The number of benzene rings is 1. The molecule has 28 heavy (non-hydrogen) atoms. The first-order chi connectivity index (χ1) is 13.6. The van der Waals surface area contributed by atoms with Crippen LogP contribution in [0.5, 0.6) is 0 Å². The molecule has 0 bridgehead atoms. The first kappa shape index (κ1) is 19.2. The first-order valence-corrected chi connectivity index (χ1v) is 10.2. The van der Waals surface area contributed by atoms with Crippen molar-refractivity contribution in [1.29, 1.82) is 0 Å². The second-order valence-corrected chi connectivity index (χ2v) is 7.98. The number of nitrogens with zero attached hydrogens (tertiary/aromatic N) is 1. The van der Waals surface area contributed by atoms with Crippen LogP contribution in [-0.4, -0.2) is 53.2 Å². The monoisotopic (exact) mass is 384 g/mol. The van der Waals surface area contributed by atoms with Crippen molar-refractivity contribution < 1.29 is 19.4 Å². The molecule has 0 unspecified atom stereocenters. The molecular formula is C22H28N2O4. The van der Waals surface area contributed by atoms with E-state index in [-0.39, 0.29) is 42.9 Å². The highest BCUT2D eigenvalue weighted by Gasteiger charge is 2.33. The minimum Gasteiger partial charge on any atom is -0.394 e. The second-order valence-electron chi connectivity index (χ2n) is 7.98. The van der Waals surface area contributed by atoms with E-state index < -0.39 is 6.10 Å². The molecule has 3 aliphatic rings. The molecule has 6 nitrogen and oxygen atoms in total. The Hall–Kier alpha value is -2.18. The summed E-state index contributed by atoms with van der Waals surface area (Å²) in [6.07, 6.45) is 6.90. The molecule has 6 heteroatoms. The fourth-order valence-corrected chi connectivity index (χ4v) is 4.10. The molecule has 150 valence electrons. The van der Waals surface area contributed by atoms with Crippen LogP contribution in [0.25, 0.3) is 0 Å². The van der Waals surface area contributed by atoms with Gasteiger partial charge in [-0.25, -0.2) is 0 Å². The van der Waals surface area contributed by atoms with Crippen molar-refractivity contribution in [2.75, 3.05) is 13.2 Å². The Labute approximate surface area is 165 Å². The predicted molar refractivity (Wildman–Crippen MR) is 104 cm³/mol. The van der Waals surface area contributed by atoms with Crippen molar-refractivity contribution in [3.05, 3.63) is 47.5 Å². The van der Waals surface area contributed by atoms with Crippen LogP contribution < -0.4 is 5.32 Å². The summed E-state index contributed by atoms with van der Waals surface area (Å²) in [7, 11) is 0. The van der Waals surface area contributed by atoms with Crippen LogP contribution in [0.1, 0.15) is 36.8 Å². The van der Waals surface area contributed by atoms with Crippen molar-refractivity contribution in [2.24, 2.45) is 5.92 Å². The third-order valence-corrected chi connectivity index (χ3v) is 6.11. The summed E-state index contributed by atoms with van der Waals surface area (Å²) in [5.74, 6) is 0.177. The molecule has 1 aromatic rings. The van der Waals surface area contributed by atoms with Gasteiger partial charge in [-0.2, -0.15) is 0 Å². The normalized spacial score (nSPS) is 27.0. The largest absolute Gasteiger partial charge is 0.394 e. The highest BCUT2D eigenvalue weighted by Crippen LogP contribution is 2.27. The van der Waals surface area contributed by atoms with E-state index in [4.69, 9.17) is 4.74 Å². The summed E-state index contributed by atoms with van der Waals surface area (Å²) in [6, 6.07) is 7.89. The van der Waals surface area contributed by atoms with Gasteiger partial charge in [0, 0.05) is 19.0 Å². The molecular weight excluding hydrogens is 356 g/mol. The molecule has 1 aromatic carbocycles. The zero-order chi connectivity index (χ0) is 19.5. The number of aliphatic hydroxyl groups is 1. The Bertz CT molecular complexity index is 759. The van der Waals surface area contributed by atoms with Crippen LogP contribution in [0.15, 0.2) is 36.4 Å². The van der Waals surface area contributed by atoms with Crippen LogP contribution in [0.2, 0.25) is 0 Å². The molecule has 4 rings (SSSR count). The number of aliphatic hydroxyl groups excluding tert-OH is 1. The quantitative estimate of drug-likeness (QED) is 0.756. The fraction of sp³-hybridized carbons (Fsp3) is 0.545. The van der Waals surface area contributed by atoms with E-state index in [1.54, 1.807) is 0 Å². The van der Waals surface area contributed by atoms with Gasteiger partial charge in [0.1, 0.15) is 6.10 Å². The maximum absolute atomic E-state index is 12.7. The maximum Gasteiger partial charge on any atom is 0.225 e. The Kier molecular flexibility index (Phi) is 5.78. The number of fused-ring (bicyclic) bond motifs is 1. The topological polar surface area (TPSA) is 78.9 Å². The number of carbonyl (C=O) groups excluding carboxylic acids is 2. The zero-order valence-electron chi connectivity index (χ0n) is 16.0. The lowest BCUT2D eigenvalue weighted by atomic mass is 9.84.